The van der Waals surface area contributed by atoms with Crippen LogP contribution < -0.4 is 0 Å². The Balaban J connectivity index is 0.000000853. The standard InChI is InChI=1S/C14H12/c1-3-7-13-11(5-1)9-10-12-6-2-4-8-14(12)13/h1-8H,9-10H2/p+1. The van der Waals surface area contributed by atoms with Crippen molar-refractivity contribution in [2.24, 2.45) is 0 Å². The maximum atomic E-state index is 2.24. The fraction of sp³-hybridized carbons (Fsp3) is 0.143. The van der Waals surface area contributed by atoms with Crippen LogP contribution in [0.5, 0.6) is 0 Å². The summed E-state index contributed by atoms with van der Waals surface area (Å²) in [6.45, 7) is 0. The van der Waals surface area contributed by atoms with Gasteiger partial charge in [-0.3, -0.25) is 0 Å². The highest BCUT2D eigenvalue weighted by molar-refractivity contribution is 5.72. The Morgan fingerprint density at radius 3 is 1.57 bits per heavy atom. The van der Waals surface area contributed by atoms with Crippen molar-refractivity contribution >= 4 is 0 Å². The second kappa shape index (κ2) is 2.98. The zero-order valence-corrected chi connectivity index (χ0v) is 8.03. The molecule has 0 amide bonds. The van der Waals surface area contributed by atoms with Gasteiger partial charge in [0.15, 0.2) is 0 Å². The molecule has 0 bridgehead atoms. The molecule has 0 radical (unpaired) electrons. The van der Waals surface area contributed by atoms with Gasteiger partial charge >= 0.3 is 1.43 Å². The molecular formula is C14H13+. The van der Waals surface area contributed by atoms with E-state index in [9.17, 15) is 0 Å². The number of fused-ring (bicyclic) bond motifs is 3. The lowest BCUT2D eigenvalue weighted by Crippen LogP contribution is -2.02. The predicted octanol–water partition coefficient (Wildman–Crippen LogP) is 3.56. The van der Waals surface area contributed by atoms with E-state index in [2.05, 4.69) is 48.5 Å². The van der Waals surface area contributed by atoms with Crippen molar-refractivity contribution in [3.05, 3.63) is 59.7 Å². The molecule has 2 aromatic rings. The van der Waals surface area contributed by atoms with Crippen molar-refractivity contribution in [1.82, 2.24) is 0 Å². The SMILES string of the molecule is [H+].c1ccc2c(c1)CCc1ccccc1-2. The minimum absolute atomic E-state index is 0. The minimum Gasteiger partial charge on any atom is -0.0620 e. The molecule has 0 N–H and O–H groups in total. The van der Waals surface area contributed by atoms with E-state index < -0.39 is 0 Å². The molecule has 0 unspecified atom stereocenters. The highest BCUT2D eigenvalue weighted by Gasteiger charge is 2.13. The topological polar surface area (TPSA) is 0 Å². The number of hydrogen-bond acceptors (Lipinski definition) is 0. The zero-order valence-electron chi connectivity index (χ0n) is 9.03. The molecule has 3 rings (SSSR count). The summed E-state index contributed by atoms with van der Waals surface area (Å²) in [5.41, 5.74) is 5.83. The lowest BCUT2D eigenvalue weighted by Gasteiger charge is -2.19. The van der Waals surface area contributed by atoms with Gasteiger partial charge in [-0.25, -0.2) is 0 Å². The summed E-state index contributed by atoms with van der Waals surface area (Å²) in [6.07, 6.45) is 2.38. The monoisotopic (exact) mass is 181 g/mol. The molecule has 0 aliphatic heterocycles. The Morgan fingerprint density at radius 1 is 0.643 bits per heavy atom. The molecule has 0 spiro atoms. The molecule has 14 heavy (non-hydrogen) atoms. The first kappa shape index (κ1) is 7.81. The zero-order chi connectivity index (χ0) is 9.38. The molecule has 0 saturated heterocycles. The van der Waals surface area contributed by atoms with Crippen LogP contribution in [-0.2, 0) is 12.8 Å². The molecule has 2 aromatic carbocycles. The van der Waals surface area contributed by atoms with Gasteiger partial charge in [-0.1, -0.05) is 48.5 Å². The average Bonchev–Trinajstić information content (AvgIpc) is 2.29. The first-order chi connectivity index (χ1) is 6.95. The first-order valence-corrected chi connectivity index (χ1v) is 5.11. The van der Waals surface area contributed by atoms with Gasteiger partial charge in [0, 0.05) is 0 Å². The lowest BCUT2D eigenvalue weighted by atomic mass is 9.86. The summed E-state index contributed by atoms with van der Waals surface area (Å²) in [5.74, 6) is 0. The third-order valence-electron chi connectivity index (χ3n) is 2.99. The van der Waals surface area contributed by atoms with Crippen LogP contribution in [0, 0.1) is 0 Å². The molecule has 0 atom stereocenters. The van der Waals surface area contributed by atoms with Crippen molar-refractivity contribution in [3.8, 4) is 11.1 Å². The van der Waals surface area contributed by atoms with Crippen molar-refractivity contribution in [1.29, 1.82) is 0 Å². The lowest BCUT2D eigenvalue weighted by molar-refractivity contribution is 0.942. The van der Waals surface area contributed by atoms with Gasteiger partial charge in [0.2, 0.25) is 0 Å². The Morgan fingerprint density at radius 2 is 1.07 bits per heavy atom. The average molecular weight is 181 g/mol. The Bertz CT molecular complexity index is 429. The molecule has 0 aromatic heterocycles. The van der Waals surface area contributed by atoms with Gasteiger partial charge in [-0.15, -0.1) is 0 Å². The summed E-state index contributed by atoms with van der Waals surface area (Å²) in [4.78, 5) is 0. The summed E-state index contributed by atoms with van der Waals surface area (Å²) in [7, 11) is 0. The van der Waals surface area contributed by atoms with E-state index in [0.717, 1.165) is 0 Å². The largest absolute Gasteiger partial charge is 1.00 e. The van der Waals surface area contributed by atoms with Crippen LogP contribution in [0.25, 0.3) is 11.1 Å². The van der Waals surface area contributed by atoms with Gasteiger partial charge in [-0.05, 0) is 35.1 Å². The van der Waals surface area contributed by atoms with E-state index in [0.29, 0.717) is 0 Å². The van der Waals surface area contributed by atoms with Crippen molar-refractivity contribution in [2.45, 2.75) is 12.8 Å². The van der Waals surface area contributed by atoms with Crippen LogP contribution in [0.15, 0.2) is 48.5 Å². The van der Waals surface area contributed by atoms with E-state index >= 15 is 0 Å². The van der Waals surface area contributed by atoms with Crippen LogP contribution in [-0.4, -0.2) is 0 Å². The quantitative estimate of drug-likeness (QED) is 0.583. The molecule has 1 aliphatic carbocycles. The van der Waals surface area contributed by atoms with Crippen LogP contribution in [0.3, 0.4) is 0 Å². The number of hydrogen-bond donors (Lipinski definition) is 0. The summed E-state index contributed by atoms with van der Waals surface area (Å²) < 4.78 is 0. The Labute approximate surface area is 85.7 Å². The van der Waals surface area contributed by atoms with Gasteiger partial charge in [0.1, 0.15) is 0 Å². The maximum absolute atomic E-state index is 2.24. The number of rotatable bonds is 0. The normalized spacial score (nSPS) is 13.1. The van der Waals surface area contributed by atoms with Gasteiger partial charge in [-0.2, -0.15) is 0 Å². The molecule has 0 heteroatoms. The molecule has 68 valence electrons. The molecule has 0 nitrogen and oxygen atoms in total. The van der Waals surface area contributed by atoms with Crippen molar-refractivity contribution in [3.63, 3.8) is 0 Å². The fourth-order valence-electron chi connectivity index (χ4n) is 2.27. The predicted molar refractivity (Wildman–Crippen MR) is 60.4 cm³/mol. The summed E-state index contributed by atoms with van der Waals surface area (Å²) in [5, 5.41) is 0. The minimum atomic E-state index is 0. The third-order valence-corrected chi connectivity index (χ3v) is 2.99. The van der Waals surface area contributed by atoms with E-state index in [1.54, 1.807) is 0 Å². The highest BCUT2D eigenvalue weighted by atomic mass is 14.2. The second-order valence-corrected chi connectivity index (χ2v) is 3.81. The molecule has 0 heterocycles. The molecular weight excluding hydrogens is 168 g/mol. The summed E-state index contributed by atoms with van der Waals surface area (Å²) in [6, 6.07) is 17.5. The smallest absolute Gasteiger partial charge is 0.0620 e. The van der Waals surface area contributed by atoms with Gasteiger partial charge < -0.3 is 0 Å². The van der Waals surface area contributed by atoms with Crippen LogP contribution in [0.1, 0.15) is 12.6 Å². The van der Waals surface area contributed by atoms with Gasteiger partial charge in [0.05, 0.1) is 0 Å². The first-order valence-electron chi connectivity index (χ1n) is 5.11. The third kappa shape index (κ3) is 1.07. The highest BCUT2D eigenvalue weighted by Crippen LogP contribution is 2.32. The molecule has 0 fully saturated rings. The molecule has 0 saturated carbocycles. The molecule has 1 aliphatic rings. The van der Waals surface area contributed by atoms with Crippen molar-refractivity contribution < 1.29 is 1.43 Å². The van der Waals surface area contributed by atoms with Crippen molar-refractivity contribution in [2.75, 3.05) is 0 Å². The maximum Gasteiger partial charge on any atom is 1.00 e. The van der Waals surface area contributed by atoms with Crippen LogP contribution in [0.2, 0.25) is 0 Å². The van der Waals surface area contributed by atoms with E-state index in [1.807, 2.05) is 0 Å². The summed E-state index contributed by atoms with van der Waals surface area (Å²) >= 11 is 0. The Hall–Kier alpha value is -1.56. The van der Waals surface area contributed by atoms with E-state index in [1.165, 1.54) is 35.1 Å². The van der Waals surface area contributed by atoms with Crippen LogP contribution >= 0.6 is 0 Å². The van der Waals surface area contributed by atoms with Gasteiger partial charge in [0.25, 0.3) is 0 Å². The second-order valence-electron chi connectivity index (χ2n) is 3.81. The van der Waals surface area contributed by atoms with E-state index in [4.69, 9.17) is 0 Å². The fourth-order valence-corrected chi connectivity index (χ4v) is 2.27. The Kier molecular flexibility index (Phi) is 1.66. The van der Waals surface area contributed by atoms with E-state index in [-0.39, 0.29) is 1.43 Å². The number of benzene rings is 2. The number of aryl methyl sites for hydroxylation is 2. The van der Waals surface area contributed by atoms with Crippen LogP contribution in [0.4, 0.5) is 0 Å².